The number of hydrogen-bond donors (Lipinski definition) is 0. The number of carbonyl (C=O) groups excluding carboxylic acids is 1. The molecule has 1 saturated heterocycles. The Kier molecular flexibility index (Phi) is 3.78. The monoisotopic (exact) mass is 210 g/mol. The molecule has 0 amide bonds. The van der Waals surface area contributed by atoms with Crippen LogP contribution in [0.25, 0.3) is 0 Å². The third kappa shape index (κ3) is 4.04. The fourth-order valence-corrected chi connectivity index (χ4v) is 1.93. The lowest BCUT2D eigenvalue weighted by atomic mass is 9.89. The molecular formula is C12H18O3. The van der Waals surface area contributed by atoms with Gasteiger partial charge in [-0.3, -0.25) is 0 Å². The van der Waals surface area contributed by atoms with Gasteiger partial charge in [-0.15, -0.1) is 0 Å². The van der Waals surface area contributed by atoms with E-state index in [4.69, 9.17) is 9.47 Å². The number of rotatable bonds is 4. The number of allylic oxidation sites excluding steroid dienone is 1. The van der Waals surface area contributed by atoms with Gasteiger partial charge in [-0.05, 0) is 18.8 Å². The van der Waals surface area contributed by atoms with Gasteiger partial charge in [-0.1, -0.05) is 25.3 Å². The van der Waals surface area contributed by atoms with E-state index >= 15 is 0 Å². The molecule has 3 nitrogen and oxygen atoms in total. The largest absolute Gasteiger partial charge is 0.460 e. The maximum absolute atomic E-state index is 11.3. The van der Waals surface area contributed by atoms with E-state index in [0.717, 1.165) is 6.61 Å². The molecule has 2 aliphatic rings. The van der Waals surface area contributed by atoms with Gasteiger partial charge in [0.2, 0.25) is 0 Å². The Morgan fingerprint density at radius 1 is 1.33 bits per heavy atom. The van der Waals surface area contributed by atoms with Crippen molar-refractivity contribution in [1.82, 2.24) is 0 Å². The average Bonchev–Trinajstić information content (AvgIpc) is 3.09. The van der Waals surface area contributed by atoms with Gasteiger partial charge in [0.25, 0.3) is 0 Å². The van der Waals surface area contributed by atoms with Crippen LogP contribution in [0.3, 0.4) is 0 Å². The summed E-state index contributed by atoms with van der Waals surface area (Å²) in [5, 5.41) is 0. The van der Waals surface area contributed by atoms with Gasteiger partial charge in [-0.2, -0.15) is 0 Å². The van der Waals surface area contributed by atoms with Crippen LogP contribution in [0.5, 0.6) is 0 Å². The van der Waals surface area contributed by atoms with E-state index in [9.17, 15) is 4.79 Å². The van der Waals surface area contributed by atoms with E-state index in [-0.39, 0.29) is 12.1 Å². The van der Waals surface area contributed by atoms with Crippen molar-refractivity contribution < 1.29 is 14.3 Å². The molecule has 1 aliphatic heterocycles. The summed E-state index contributed by atoms with van der Waals surface area (Å²) in [5.74, 6) is 0.361. The Morgan fingerprint density at radius 3 is 2.73 bits per heavy atom. The molecule has 0 bridgehead atoms. The van der Waals surface area contributed by atoms with Crippen molar-refractivity contribution in [3.63, 3.8) is 0 Å². The van der Waals surface area contributed by atoms with Gasteiger partial charge < -0.3 is 9.47 Å². The standard InChI is InChI=1S/C12H18O3/c13-12(15-9-11-8-14-11)7-6-10-4-2-1-3-5-10/h6-7,10-11H,1-5,8-9H2. The molecule has 3 heteroatoms. The maximum atomic E-state index is 11.3. The van der Waals surface area contributed by atoms with E-state index < -0.39 is 0 Å². The van der Waals surface area contributed by atoms with Crippen LogP contribution in [0, 0.1) is 5.92 Å². The fraction of sp³-hybridized carbons (Fsp3) is 0.750. The molecule has 0 radical (unpaired) electrons. The summed E-state index contributed by atoms with van der Waals surface area (Å²) in [6, 6.07) is 0. The summed E-state index contributed by atoms with van der Waals surface area (Å²) in [5.41, 5.74) is 0. The Morgan fingerprint density at radius 2 is 2.07 bits per heavy atom. The van der Waals surface area contributed by atoms with Crippen LogP contribution in [0.15, 0.2) is 12.2 Å². The number of esters is 1. The zero-order valence-electron chi connectivity index (χ0n) is 8.98. The topological polar surface area (TPSA) is 38.8 Å². The number of carbonyl (C=O) groups is 1. The molecule has 2 fully saturated rings. The summed E-state index contributed by atoms with van der Waals surface area (Å²) in [6.07, 6.45) is 10.1. The smallest absolute Gasteiger partial charge is 0.330 e. The Bertz CT molecular complexity index is 237. The zero-order chi connectivity index (χ0) is 10.5. The molecule has 1 heterocycles. The van der Waals surface area contributed by atoms with E-state index in [1.807, 2.05) is 6.08 Å². The van der Waals surface area contributed by atoms with Crippen LogP contribution in [0.2, 0.25) is 0 Å². The molecule has 84 valence electrons. The van der Waals surface area contributed by atoms with Gasteiger partial charge in [-0.25, -0.2) is 4.79 Å². The highest BCUT2D eigenvalue weighted by Gasteiger charge is 2.23. The molecule has 1 atom stereocenters. The third-order valence-corrected chi connectivity index (χ3v) is 2.97. The highest BCUT2D eigenvalue weighted by Crippen LogP contribution is 2.24. The minimum Gasteiger partial charge on any atom is -0.460 e. The van der Waals surface area contributed by atoms with E-state index in [0.29, 0.717) is 12.5 Å². The molecule has 1 saturated carbocycles. The van der Waals surface area contributed by atoms with Crippen LogP contribution in [0.1, 0.15) is 32.1 Å². The quantitative estimate of drug-likeness (QED) is 0.405. The van der Waals surface area contributed by atoms with Crippen LogP contribution >= 0.6 is 0 Å². The Hall–Kier alpha value is -0.830. The van der Waals surface area contributed by atoms with Gasteiger partial charge >= 0.3 is 5.97 Å². The second-order valence-electron chi connectivity index (χ2n) is 4.34. The molecule has 15 heavy (non-hydrogen) atoms. The first-order chi connectivity index (χ1) is 7.34. The SMILES string of the molecule is O=C(C=CC1CCCCC1)OCC1CO1. The number of ether oxygens (including phenoxy) is 2. The van der Waals surface area contributed by atoms with Crippen LogP contribution in [-0.2, 0) is 14.3 Å². The van der Waals surface area contributed by atoms with Gasteiger partial charge in [0.05, 0.1) is 6.61 Å². The number of epoxide rings is 1. The highest BCUT2D eigenvalue weighted by atomic mass is 16.6. The molecule has 0 aromatic carbocycles. The van der Waals surface area contributed by atoms with Crippen LogP contribution in [-0.4, -0.2) is 25.3 Å². The van der Waals surface area contributed by atoms with Crippen molar-refractivity contribution >= 4 is 5.97 Å². The van der Waals surface area contributed by atoms with Gasteiger partial charge in [0.15, 0.2) is 0 Å². The molecule has 1 aliphatic carbocycles. The van der Waals surface area contributed by atoms with Crippen molar-refractivity contribution in [3.8, 4) is 0 Å². The highest BCUT2D eigenvalue weighted by molar-refractivity contribution is 5.81. The minimum atomic E-state index is -0.226. The Labute approximate surface area is 90.4 Å². The first kappa shape index (κ1) is 10.7. The number of hydrogen-bond acceptors (Lipinski definition) is 3. The molecule has 0 spiro atoms. The summed E-state index contributed by atoms with van der Waals surface area (Å²) in [7, 11) is 0. The Balaban J connectivity index is 1.64. The molecule has 2 rings (SSSR count). The summed E-state index contributed by atoms with van der Waals surface area (Å²) >= 11 is 0. The van der Waals surface area contributed by atoms with E-state index in [1.54, 1.807) is 6.08 Å². The second-order valence-corrected chi connectivity index (χ2v) is 4.34. The fourth-order valence-electron chi connectivity index (χ4n) is 1.93. The minimum absolute atomic E-state index is 0.164. The third-order valence-electron chi connectivity index (χ3n) is 2.97. The molecule has 0 aromatic heterocycles. The van der Waals surface area contributed by atoms with Crippen molar-refractivity contribution in [3.05, 3.63) is 12.2 Å². The van der Waals surface area contributed by atoms with Crippen LogP contribution in [0.4, 0.5) is 0 Å². The predicted octanol–water partition coefficient (Wildman–Crippen LogP) is 2.06. The average molecular weight is 210 g/mol. The predicted molar refractivity (Wildman–Crippen MR) is 56.4 cm³/mol. The molecular weight excluding hydrogens is 192 g/mol. The van der Waals surface area contributed by atoms with Gasteiger partial charge in [0.1, 0.15) is 12.7 Å². The first-order valence-corrected chi connectivity index (χ1v) is 5.81. The normalized spacial score (nSPS) is 26.8. The maximum Gasteiger partial charge on any atom is 0.330 e. The van der Waals surface area contributed by atoms with E-state index in [1.165, 1.54) is 32.1 Å². The van der Waals surface area contributed by atoms with Crippen LogP contribution < -0.4 is 0 Å². The second kappa shape index (κ2) is 5.31. The lowest BCUT2D eigenvalue weighted by Crippen LogP contribution is -2.08. The zero-order valence-corrected chi connectivity index (χ0v) is 8.98. The lowest BCUT2D eigenvalue weighted by Gasteiger charge is -2.17. The molecule has 0 N–H and O–H groups in total. The van der Waals surface area contributed by atoms with Crippen molar-refractivity contribution in [2.75, 3.05) is 13.2 Å². The molecule has 1 unspecified atom stereocenters. The van der Waals surface area contributed by atoms with Crippen molar-refractivity contribution in [1.29, 1.82) is 0 Å². The summed E-state index contributed by atoms with van der Waals surface area (Å²) < 4.78 is 9.96. The van der Waals surface area contributed by atoms with Crippen molar-refractivity contribution in [2.45, 2.75) is 38.2 Å². The molecule has 0 aromatic rings. The summed E-state index contributed by atoms with van der Waals surface area (Å²) in [6.45, 7) is 1.15. The first-order valence-electron chi connectivity index (χ1n) is 5.81. The van der Waals surface area contributed by atoms with E-state index in [2.05, 4.69) is 0 Å². The van der Waals surface area contributed by atoms with Gasteiger partial charge in [0, 0.05) is 6.08 Å². The summed E-state index contributed by atoms with van der Waals surface area (Å²) in [4.78, 5) is 11.3. The van der Waals surface area contributed by atoms with Crippen molar-refractivity contribution in [2.24, 2.45) is 5.92 Å². The lowest BCUT2D eigenvalue weighted by molar-refractivity contribution is -0.138.